The van der Waals surface area contributed by atoms with E-state index in [-0.39, 0.29) is 11.6 Å². The van der Waals surface area contributed by atoms with E-state index in [1.54, 1.807) is 7.11 Å². The fourth-order valence-corrected chi connectivity index (χ4v) is 4.15. The summed E-state index contributed by atoms with van der Waals surface area (Å²) in [6, 6.07) is 0.0363. The summed E-state index contributed by atoms with van der Waals surface area (Å²) in [7, 11) is 1.68. The Balaban J connectivity index is 3.97. The summed E-state index contributed by atoms with van der Waals surface area (Å²) in [6.45, 7) is 13.1. The molecule has 0 saturated heterocycles. The molecule has 0 amide bonds. The third-order valence-electron chi connectivity index (χ3n) is 6.37. The molecule has 0 aromatic carbocycles. The monoisotopic (exact) mass is 437 g/mol. The molecule has 0 aliphatic heterocycles. The molecule has 0 rings (SSSR count). The molecule has 0 saturated carbocycles. The number of hydrogen-bond acceptors (Lipinski definition) is 3. The molecule has 2 N–H and O–H groups in total. The molecule has 4 unspecified atom stereocenters. The second-order valence-electron chi connectivity index (χ2n) is 10.4. The molecule has 184 valence electrons. The third kappa shape index (κ3) is 18.7. The van der Waals surface area contributed by atoms with Crippen LogP contribution < -0.4 is 5.32 Å². The van der Waals surface area contributed by atoms with Crippen LogP contribution in [0.3, 0.4) is 0 Å². The van der Waals surface area contributed by atoms with Gasteiger partial charge in [0.2, 0.25) is 0 Å². The highest BCUT2D eigenvalue weighted by Crippen LogP contribution is 2.21. The predicted molar refractivity (Wildman–Crippen MR) is 136 cm³/mol. The molecular weight excluding hydrogens is 382 g/mol. The zero-order valence-corrected chi connectivity index (χ0v) is 22.1. The number of aliphatic hydroxyl groups excluding tert-OH is 1. The van der Waals surface area contributed by atoms with E-state index in [0.29, 0.717) is 12.3 Å². The van der Waals surface area contributed by atoms with Crippen molar-refractivity contribution in [1.29, 1.82) is 0 Å². The first-order valence-electron chi connectivity index (χ1n) is 13.2. The van der Waals surface area contributed by atoms with Crippen LogP contribution in [0, 0.1) is 23.7 Å². The van der Waals surface area contributed by atoms with E-state index in [1.165, 1.54) is 70.6 Å². The highest BCUT2D eigenvalue weighted by molar-refractivity contribution is 5.08. The zero-order chi connectivity index (χ0) is 23.5. The summed E-state index contributed by atoms with van der Waals surface area (Å²) in [5, 5.41) is 13.5. The Kier molecular flexibility index (Phi) is 18.6. The first-order chi connectivity index (χ1) is 14.7. The molecule has 0 aliphatic rings. The average molecular weight is 438 g/mol. The molecule has 0 aliphatic carbocycles. The second-order valence-corrected chi connectivity index (χ2v) is 10.4. The Hall–Kier alpha value is -0.560. The van der Waals surface area contributed by atoms with Crippen LogP contribution in [0.5, 0.6) is 0 Å². The van der Waals surface area contributed by atoms with Crippen LogP contribution in [0.2, 0.25) is 0 Å². The van der Waals surface area contributed by atoms with Crippen molar-refractivity contribution in [3.05, 3.63) is 0 Å². The van der Waals surface area contributed by atoms with Crippen molar-refractivity contribution in [3.63, 3.8) is 0 Å². The maximum absolute atomic E-state index is 10.3. The minimum atomic E-state index is -0.594. The van der Waals surface area contributed by atoms with E-state index in [9.17, 15) is 5.11 Å². The Morgan fingerprint density at radius 2 is 1.48 bits per heavy atom. The van der Waals surface area contributed by atoms with Gasteiger partial charge in [0.15, 0.2) is 0 Å². The predicted octanol–water partition coefficient (Wildman–Crippen LogP) is 7.46. The van der Waals surface area contributed by atoms with Gasteiger partial charge in [0, 0.05) is 20.0 Å². The van der Waals surface area contributed by atoms with Gasteiger partial charge in [-0.2, -0.15) is 0 Å². The maximum Gasteiger partial charge on any atom is 0.108 e. The average Bonchev–Trinajstić information content (AvgIpc) is 2.71. The third-order valence-corrected chi connectivity index (χ3v) is 6.37. The highest BCUT2D eigenvalue weighted by Gasteiger charge is 2.22. The number of hydrogen-bond donors (Lipinski definition) is 2. The van der Waals surface area contributed by atoms with Gasteiger partial charge in [-0.15, -0.1) is 5.92 Å². The summed E-state index contributed by atoms with van der Waals surface area (Å²) in [6.07, 6.45) is 17.1. The van der Waals surface area contributed by atoms with Crippen molar-refractivity contribution in [2.24, 2.45) is 11.8 Å². The quantitative estimate of drug-likeness (QED) is 0.125. The van der Waals surface area contributed by atoms with Crippen LogP contribution >= 0.6 is 0 Å². The van der Waals surface area contributed by atoms with Gasteiger partial charge >= 0.3 is 0 Å². The molecule has 0 spiro atoms. The molecule has 3 heteroatoms. The summed E-state index contributed by atoms with van der Waals surface area (Å²) >= 11 is 0. The smallest absolute Gasteiger partial charge is 0.108 e. The Morgan fingerprint density at radius 1 is 0.903 bits per heavy atom. The number of aliphatic hydroxyl groups is 1. The van der Waals surface area contributed by atoms with E-state index in [1.807, 2.05) is 13.8 Å². The van der Waals surface area contributed by atoms with Crippen molar-refractivity contribution in [3.8, 4) is 11.8 Å². The second kappa shape index (κ2) is 19.0. The van der Waals surface area contributed by atoms with Gasteiger partial charge in [-0.3, -0.25) is 5.32 Å². The van der Waals surface area contributed by atoms with Crippen molar-refractivity contribution < 1.29 is 9.84 Å². The number of unbranched alkanes of at least 4 members (excludes halogenated alkanes) is 8. The lowest BCUT2D eigenvalue weighted by atomic mass is 9.91. The summed E-state index contributed by atoms with van der Waals surface area (Å²) in [4.78, 5) is 0. The van der Waals surface area contributed by atoms with E-state index >= 15 is 0 Å². The van der Waals surface area contributed by atoms with E-state index in [2.05, 4.69) is 44.9 Å². The van der Waals surface area contributed by atoms with Crippen molar-refractivity contribution >= 4 is 0 Å². The van der Waals surface area contributed by atoms with Gasteiger partial charge in [0.1, 0.15) is 6.23 Å². The molecule has 0 bridgehead atoms. The SMILES string of the molecule is CCCCCCCCCCCC(C)CC(C)CC#CC(CC)NC(O)CC(C)(C)OC. The van der Waals surface area contributed by atoms with Gasteiger partial charge in [-0.05, 0) is 38.5 Å². The molecule has 4 atom stereocenters. The van der Waals surface area contributed by atoms with Gasteiger partial charge in [0.25, 0.3) is 0 Å². The molecular formula is C28H55NO2. The molecule has 0 aromatic rings. The Morgan fingerprint density at radius 3 is 2.03 bits per heavy atom. The van der Waals surface area contributed by atoms with E-state index in [4.69, 9.17) is 4.74 Å². The Bertz CT molecular complexity index is 465. The molecule has 0 aromatic heterocycles. The number of methoxy groups -OCH3 is 1. The number of nitrogens with one attached hydrogen (secondary N) is 1. The van der Waals surface area contributed by atoms with Crippen LogP contribution in [0.1, 0.15) is 131 Å². The minimum Gasteiger partial charge on any atom is -0.379 e. The van der Waals surface area contributed by atoms with Crippen LogP contribution in [0.4, 0.5) is 0 Å². The standard InChI is InChI=1S/C28H55NO2/c1-8-10-11-12-13-14-15-16-17-19-24(3)22-25(4)20-18-21-26(9-2)29-27(30)23-28(5,6)31-7/h24-27,29-30H,8-17,19-20,22-23H2,1-7H3. The van der Waals surface area contributed by atoms with Gasteiger partial charge in [-0.1, -0.05) is 97.8 Å². The summed E-state index contributed by atoms with van der Waals surface area (Å²) in [5.41, 5.74) is -0.336. The topological polar surface area (TPSA) is 41.5 Å². The normalized spacial score (nSPS) is 15.7. The first kappa shape index (κ1) is 30.4. The Labute approximate surface area is 195 Å². The molecule has 31 heavy (non-hydrogen) atoms. The van der Waals surface area contributed by atoms with E-state index in [0.717, 1.165) is 18.8 Å². The van der Waals surface area contributed by atoms with Crippen molar-refractivity contribution in [2.75, 3.05) is 7.11 Å². The minimum absolute atomic E-state index is 0.0363. The highest BCUT2D eigenvalue weighted by atomic mass is 16.5. The summed E-state index contributed by atoms with van der Waals surface area (Å²) in [5.74, 6) is 8.13. The number of rotatable bonds is 19. The summed E-state index contributed by atoms with van der Waals surface area (Å²) < 4.78 is 5.40. The maximum atomic E-state index is 10.3. The fourth-order valence-electron chi connectivity index (χ4n) is 4.15. The van der Waals surface area contributed by atoms with Crippen molar-refractivity contribution in [1.82, 2.24) is 5.32 Å². The molecule has 0 radical (unpaired) electrons. The lowest BCUT2D eigenvalue weighted by Gasteiger charge is -2.27. The zero-order valence-electron chi connectivity index (χ0n) is 22.1. The van der Waals surface area contributed by atoms with Gasteiger partial charge in [-0.25, -0.2) is 0 Å². The molecule has 0 heterocycles. The van der Waals surface area contributed by atoms with E-state index < -0.39 is 6.23 Å². The first-order valence-corrected chi connectivity index (χ1v) is 13.2. The van der Waals surface area contributed by atoms with Crippen LogP contribution in [-0.4, -0.2) is 30.1 Å². The number of ether oxygens (including phenoxy) is 1. The van der Waals surface area contributed by atoms with Crippen LogP contribution in [0.15, 0.2) is 0 Å². The lowest BCUT2D eigenvalue weighted by molar-refractivity contribution is -0.0289. The lowest BCUT2D eigenvalue weighted by Crippen LogP contribution is -2.42. The molecule has 3 nitrogen and oxygen atoms in total. The van der Waals surface area contributed by atoms with Crippen LogP contribution in [-0.2, 0) is 4.74 Å². The van der Waals surface area contributed by atoms with Crippen molar-refractivity contribution in [2.45, 2.75) is 149 Å². The largest absolute Gasteiger partial charge is 0.379 e. The molecule has 0 fully saturated rings. The van der Waals surface area contributed by atoms with Gasteiger partial charge < -0.3 is 9.84 Å². The fraction of sp³-hybridized carbons (Fsp3) is 0.929. The van der Waals surface area contributed by atoms with Crippen LogP contribution in [0.25, 0.3) is 0 Å². The van der Waals surface area contributed by atoms with Gasteiger partial charge in [0.05, 0.1) is 11.6 Å².